The zero-order chi connectivity index (χ0) is 19.9. The summed E-state index contributed by atoms with van der Waals surface area (Å²) in [5.41, 5.74) is 2.48. The zero-order valence-electron chi connectivity index (χ0n) is 16.0. The van der Waals surface area contributed by atoms with Crippen LogP contribution in [0.15, 0.2) is 18.2 Å². The van der Waals surface area contributed by atoms with Gasteiger partial charge in [0.05, 0.1) is 11.2 Å². The fourth-order valence-corrected chi connectivity index (χ4v) is 4.14. The lowest BCUT2D eigenvalue weighted by Gasteiger charge is -2.23. The van der Waals surface area contributed by atoms with Crippen LogP contribution in [0.4, 0.5) is 5.82 Å². The molecule has 4 rings (SSSR count). The van der Waals surface area contributed by atoms with Crippen molar-refractivity contribution in [2.45, 2.75) is 44.4 Å². The third kappa shape index (κ3) is 3.54. The lowest BCUT2D eigenvalue weighted by atomic mass is 10.1. The molecule has 0 bridgehead atoms. The molecule has 0 saturated heterocycles. The molecule has 9 heteroatoms. The first kappa shape index (κ1) is 18.7. The van der Waals surface area contributed by atoms with Crippen LogP contribution >= 0.6 is 11.8 Å². The second-order valence-electron chi connectivity index (χ2n) is 7.67. The monoisotopic (exact) mass is 402 g/mol. The molecule has 2 aliphatic rings. The van der Waals surface area contributed by atoms with E-state index >= 15 is 0 Å². The van der Waals surface area contributed by atoms with Gasteiger partial charge in [0, 0.05) is 23.6 Å². The van der Waals surface area contributed by atoms with Gasteiger partial charge in [0.1, 0.15) is 5.82 Å². The highest BCUT2D eigenvalue weighted by molar-refractivity contribution is 7.98. The van der Waals surface area contributed by atoms with Crippen molar-refractivity contribution in [1.82, 2.24) is 15.1 Å². The predicted molar refractivity (Wildman–Crippen MR) is 105 cm³/mol. The van der Waals surface area contributed by atoms with Gasteiger partial charge in [-0.1, -0.05) is 6.07 Å². The molecule has 3 heterocycles. The second kappa shape index (κ2) is 7.05. The van der Waals surface area contributed by atoms with Crippen LogP contribution in [0.1, 0.15) is 37.6 Å². The number of carbonyl (C=O) groups excluding carboxylic acids is 2. The quantitative estimate of drug-likeness (QED) is 0.766. The van der Waals surface area contributed by atoms with Gasteiger partial charge in [-0.15, -0.1) is 0 Å². The smallest absolute Gasteiger partial charge is 0.314 e. The molecule has 2 N–H and O–H groups in total. The Balaban J connectivity index is 1.43. The minimum Gasteiger partial charge on any atom is -0.454 e. The highest BCUT2D eigenvalue weighted by Gasteiger charge is 2.30. The molecular weight excluding hydrogens is 380 g/mol. The van der Waals surface area contributed by atoms with E-state index in [9.17, 15) is 9.59 Å². The first-order valence-corrected chi connectivity index (χ1v) is 10.1. The largest absolute Gasteiger partial charge is 0.454 e. The first-order chi connectivity index (χ1) is 13.3. The first-order valence-electron chi connectivity index (χ1n) is 8.99. The fraction of sp³-hybridized carbons (Fsp3) is 0.421. The highest BCUT2D eigenvalue weighted by atomic mass is 32.2. The Hall–Kier alpha value is -2.68. The molecule has 0 aliphatic carbocycles. The summed E-state index contributed by atoms with van der Waals surface area (Å²) < 4.78 is 12.4. The van der Waals surface area contributed by atoms with Crippen molar-refractivity contribution in [3.05, 3.63) is 35.0 Å². The maximum Gasteiger partial charge on any atom is 0.314 e. The minimum atomic E-state index is -0.703. The molecule has 0 unspecified atom stereocenters. The number of fused-ring (bicyclic) bond motifs is 2. The van der Waals surface area contributed by atoms with Crippen molar-refractivity contribution in [2.75, 3.05) is 12.1 Å². The van der Waals surface area contributed by atoms with Crippen LogP contribution in [-0.4, -0.2) is 28.4 Å². The Morgan fingerprint density at radius 2 is 1.96 bits per heavy atom. The average molecular weight is 402 g/mol. The van der Waals surface area contributed by atoms with Crippen molar-refractivity contribution in [3.63, 3.8) is 0 Å². The van der Waals surface area contributed by atoms with E-state index in [4.69, 9.17) is 9.47 Å². The van der Waals surface area contributed by atoms with Gasteiger partial charge in [0.2, 0.25) is 6.79 Å². The third-order valence-corrected chi connectivity index (χ3v) is 5.49. The van der Waals surface area contributed by atoms with Crippen molar-refractivity contribution < 1.29 is 19.1 Å². The number of hydrogen-bond donors (Lipinski definition) is 2. The Morgan fingerprint density at radius 3 is 2.75 bits per heavy atom. The molecule has 0 saturated carbocycles. The summed E-state index contributed by atoms with van der Waals surface area (Å²) in [5, 5.41) is 10.0. The van der Waals surface area contributed by atoms with E-state index in [1.807, 2.05) is 26.8 Å². The van der Waals surface area contributed by atoms with Crippen LogP contribution in [0.5, 0.6) is 11.5 Å². The summed E-state index contributed by atoms with van der Waals surface area (Å²) in [7, 11) is 0. The van der Waals surface area contributed by atoms with Crippen LogP contribution in [0.2, 0.25) is 0 Å². The van der Waals surface area contributed by atoms with E-state index in [0.29, 0.717) is 17.3 Å². The van der Waals surface area contributed by atoms with Gasteiger partial charge in [-0.2, -0.15) is 16.9 Å². The number of ether oxygens (including phenoxy) is 2. The molecule has 2 aliphatic heterocycles. The summed E-state index contributed by atoms with van der Waals surface area (Å²) in [6.07, 6.45) is 0. The number of amides is 2. The molecule has 0 radical (unpaired) electrons. The number of carbonyl (C=O) groups is 2. The SMILES string of the molecule is CC(C)(C)n1nc2c(c1NC(=O)C(=O)NCc1ccc3c(c1)OCO3)CSC2. The number of thioether (sulfide) groups is 1. The molecule has 2 amide bonds. The Bertz CT molecular complexity index is 948. The zero-order valence-corrected chi connectivity index (χ0v) is 16.8. The summed E-state index contributed by atoms with van der Waals surface area (Å²) in [6, 6.07) is 5.40. The number of rotatable bonds is 3. The van der Waals surface area contributed by atoms with Crippen molar-refractivity contribution >= 4 is 29.4 Å². The molecule has 0 atom stereocenters. The molecule has 28 heavy (non-hydrogen) atoms. The number of aromatic nitrogens is 2. The lowest BCUT2D eigenvalue weighted by molar-refractivity contribution is -0.136. The Labute approximate surface area is 167 Å². The third-order valence-electron chi connectivity index (χ3n) is 4.52. The van der Waals surface area contributed by atoms with E-state index in [1.165, 1.54) is 0 Å². The number of hydrogen-bond acceptors (Lipinski definition) is 6. The predicted octanol–water partition coefficient (Wildman–Crippen LogP) is 2.37. The second-order valence-corrected chi connectivity index (χ2v) is 8.66. The molecular formula is C19H22N4O4S. The van der Waals surface area contributed by atoms with E-state index in [0.717, 1.165) is 28.3 Å². The van der Waals surface area contributed by atoms with Crippen LogP contribution in [0, 0.1) is 0 Å². The molecule has 148 valence electrons. The van der Waals surface area contributed by atoms with Crippen LogP contribution in [0.3, 0.4) is 0 Å². The van der Waals surface area contributed by atoms with Gasteiger partial charge >= 0.3 is 11.8 Å². The fourth-order valence-electron chi connectivity index (χ4n) is 3.10. The molecule has 0 fully saturated rings. The molecule has 1 aromatic carbocycles. The van der Waals surface area contributed by atoms with E-state index in [1.54, 1.807) is 28.6 Å². The summed E-state index contributed by atoms with van der Waals surface area (Å²) in [6.45, 7) is 6.44. The standard InChI is InChI=1S/C19H22N4O4S/c1-19(2,3)23-16(12-8-28-9-13(12)22-23)21-18(25)17(24)20-7-11-4-5-14-15(6-11)27-10-26-14/h4-6H,7-10H2,1-3H3,(H,20,24)(H,21,25). The lowest BCUT2D eigenvalue weighted by Crippen LogP contribution is -2.36. The van der Waals surface area contributed by atoms with Gasteiger partial charge in [-0.3, -0.25) is 9.59 Å². The Morgan fingerprint density at radius 1 is 1.18 bits per heavy atom. The van der Waals surface area contributed by atoms with Gasteiger partial charge < -0.3 is 20.1 Å². The molecule has 8 nitrogen and oxygen atoms in total. The maximum absolute atomic E-state index is 12.5. The molecule has 0 spiro atoms. The highest BCUT2D eigenvalue weighted by Crippen LogP contribution is 2.37. The average Bonchev–Trinajstić information content (AvgIpc) is 3.35. The van der Waals surface area contributed by atoms with Crippen molar-refractivity contribution in [1.29, 1.82) is 0 Å². The van der Waals surface area contributed by atoms with Gasteiger partial charge in [-0.05, 0) is 38.5 Å². The number of nitrogens with zero attached hydrogens (tertiary/aromatic N) is 2. The Kier molecular flexibility index (Phi) is 4.70. The number of nitrogens with one attached hydrogen (secondary N) is 2. The van der Waals surface area contributed by atoms with Crippen LogP contribution in [-0.2, 0) is 33.2 Å². The van der Waals surface area contributed by atoms with Crippen molar-refractivity contribution in [3.8, 4) is 11.5 Å². The maximum atomic E-state index is 12.5. The summed E-state index contributed by atoms with van der Waals surface area (Å²) in [5.74, 6) is 2.12. The van der Waals surface area contributed by atoms with Crippen LogP contribution in [0.25, 0.3) is 0 Å². The number of anilines is 1. The normalized spacial score (nSPS) is 14.7. The van der Waals surface area contributed by atoms with Gasteiger partial charge in [-0.25, -0.2) is 4.68 Å². The minimum absolute atomic E-state index is 0.192. The van der Waals surface area contributed by atoms with Crippen LogP contribution < -0.4 is 20.1 Å². The summed E-state index contributed by atoms with van der Waals surface area (Å²) in [4.78, 5) is 24.8. The van der Waals surface area contributed by atoms with E-state index < -0.39 is 11.8 Å². The van der Waals surface area contributed by atoms with E-state index in [2.05, 4.69) is 15.7 Å². The van der Waals surface area contributed by atoms with Gasteiger partial charge in [0.25, 0.3) is 0 Å². The topological polar surface area (TPSA) is 94.5 Å². The molecule has 2 aromatic rings. The summed E-state index contributed by atoms with van der Waals surface area (Å²) >= 11 is 1.75. The van der Waals surface area contributed by atoms with Gasteiger partial charge in [0.15, 0.2) is 11.5 Å². The molecule has 1 aromatic heterocycles. The van der Waals surface area contributed by atoms with E-state index in [-0.39, 0.29) is 18.9 Å². The number of benzene rings is 1. The van der Waals surface area contributed by atoms with Crippen molar-refractivity contribution in [2.24, 2.45) is 0 Å².